The molecule has 8 heteroatoms. The average molecular weight is 324 g/mol. The van der Waals surface area contributed by atoms with E-state index in [0.29, 0.717) is 24.6 Å². The molecule has 1 aliphatic rings. The molecular formula is C12H12ClF2NO3S. The summed E-state index contributed by atoms with van der Waals surface area (Å²) >= 11 is 0. The van der Waals surface area contributed by atoms with Gasteiger partial charge in [0.05, 0.1) is 5.56 Å². The molecule has 110 valence electrons. The van der Waals surface area contributed by atoms with Gasteiger partial charge in [-0.05, 0) is 24.8 Å². The number of halogens is 3. The molecule has 0 N–H and O–H groups in total. The van der Waals surface area contributed by atoms with E-state index >= 15 is 0 Å². The molecular weight excluding hydrogens is 312 g/mol. The van der Waals surface area contributed by atoms with Gasteiger partial charge in [-0.1, -0.05) is 0 Å². The first-order valence-electron chi connectivity index (χ1n) is 5.89. The zero-order valence-corrected chi connectivity index (χ0v) is 12.1. The molecule has 0 aromatic heterocycles. The monoisotopic (exact) mass is 323 g/mol. The lowest BCUT2D eigenvalue weighted by molar-refractivity contribution is 0.0783. The Bertz CT molecular complexity index is 659. The van der Waals surface area contributed by atoms with E-state index in [9.17, 15) is 22.0 Å². The molecule has 1 amide bonds. The van der Waals surface area contributed by atoms with Crippen LogP contribution >= 0.6 is 10.7 Å². The Hall–Kier alpha value is -1.21. The Morgan fingerprint density at radius 3 is 2.45 bits per heavy atom. The maximum atomic E-state index is 13.7. The molecule has 1 saturated carbocycles. The van der Waals surface area contributed by atoms with Crippen molar-refractivity contribution in [1.29, 1.82) is 0 Å². The van der Waals surface area contributed by atoms with Crippen LogP contribution in [0.5, 0.6) is 0 Å². The van der Waals surface area contributed by atoms with Crippen LogP contribution in [-0.2, 0) is 9.05 Å². The van der Waals surface area contributed by atoms with Crippen LogP contribution in [0.15, 0.2) is 17.0 Å². The summed E-state index contributed by atoms with van der Waals surface area (Å²) in [6.07, 6.45) is 2.01. The summed E-state index contributed by atoms with van der Waals surface area (Å²) < 4.78 is 49.4. The Morgan fingerprint density at radius 1 is 1.35 bits per heavy atom. The van der Waals surface area contributed by atoms with Gasteiger partial charge in [0.15, 0.2) is 0 Å². The second kappa shape index (κ2) is 5.29. The third-order valence-corrected chi connectivity index (χ3v) is 4.43. The first-order valence-corrected chi connectivity index (χ1v) is 8.20. The molecule has 0 saturated heterocycles. The molecule has 0 atom stereocenters. The zero-order valence-electron chi connectivity index (χ0n) is 10.6. The number of benzene rings is 1. The molecule has 20 heavy (non-hydrogen) atoms. The SMILES string of the molecule is CN(CC1CC1)C(=O)c1cc(S(=O)(=O)Cl)c(F)cc1F. The number of rotatable bonds is 4. The summed E-state index contributed by atoms with van der Waals surface area (Å²) in [5, 5.41) is 0. The van der Waals surface area contributed by atoms with Crippen molar-refractivity contribution in [3.05, 3.63) is 29.3 Å². The van der Waals surface area contributed by atoms with E-state index in [1.54, 1.807) is 0 Å². The summed E-state index contributed by atoms with van der Waals surface area (Å²) in [6.45, 7) is 0.457. The summed E-state index contributed by atoms with van der Waals surface area (Å²) in [5.74, 6) is -2.74. The van der Waals surface area contributed by atoms with Crippen LogP contribution in [0.25, 0.3) is 0 Å². The largest absolute Gasteiger partial charge is 0.341 e. The van der Waals surface area contributed by atoms with Crippen molar-refractivity contribution < 1.29 is 22.0 Å². The second-order valence-electron chi connectivity index (χ2n) is 4.83. The fourth-order valence-corrected chi connectivity index (χ4v) is 2.76. The smallest absolute Gasteiger partial charge is 0.264 e. The van der Waals surface area contributed by atoms with E-state index in [2.05, 4.69) is 0 Å². The molecule has 1 fully saturated rings. The van der Waals surface area contributed by atoms with Crippen molar-refractivity contribution in [1.82, 2.24) is 4.90 Å². The van der Waals surface area contributed by atoms with Crippen LogP contribution in [0.4, 0.5) is 8.78 Å². The molecule has 0 unspecified atom stereocenters. The van der Waals surface area contributed by atoms with Crippen molar-refractivity contribution in [3.8, 4) is 0 Å². The third-order valence-electron chi connectivity index (χ3n) is 3.09. The molecule has 1 aromatic rings. The lowest BCUT2D eigenvalue weighted by Gasteiger charge is -2.17. The molecule has 2 rings (SSSR count). The van der Waals surface area contributed by atoms with Crippen molar-refractivity contribution in [2.75, 3.05) is 13.6 Å². The van der Waals surface area contributed by atoms with Gasteiger partial charge in [0, 0.05) is 30.3 Å². The molecule has 0 radical (unpaired) electrons. The van der Waals surface area contributed by atoms with Gasteiger partial charge in [0.2, 0.25) is 0 Å². The van der Waals surface area contributed by atoms with Gasteiger partial charge in [-0.15, -0.1) is 0 Å². The predicted molar refractivity (Wildman–Crippen MR) is 69.1 cm³/mol. The van der Waals surface area contributed by atoms with Gasteiger partial charge in [-0.3, -0.25) is 4.79 Å². The van der Waals surface area contributed by atoms with Crippen LogP contribution in [0, 0.1) is 17.6 Å². The molecule has 4 nitrogen and oxygen atoms in total. The summed E-state index contributed by atoms with van der Waals surface area (Å²) in [6, 6.07) is 0.992. The number of carbonyl (C=O) groups is 1. The summed E-state index contributed by atoms with van der Waals surface area (Å²) in [7, 11) is 2.15. The van der Waals surface area contributed by atoms with Crippen LogP contribution in [0.1, 0.15) is 23.2 Å². The Kier molecular flexibility index (Phi) is 4.02. The minimum Gasteiger partial charge on any atom is -0.341 e. The zero-order chi connectivity index (χ0) is 15.1. The van der Waals surface area contributed by atoms with E-state index in [1.165, 1.54) is 11.9 Å². The molecule has 0 aliphatic heterocycles. The van der Waals surface area contributed by atoms with Gasteiger partial charge in [-0.25, -0.2) is 17.2 Å². The highest BCUT2D eigenvalue weighted by molar-refractivity contribution is 8.13. The summed E-state index contributed by atoms with van der Waals surface area (Å²) in [5.41, 5.74) is -0.506. The standard InChI is InChI=1S/C12H12ClF2NO3S/c1-16(6-7-2-3-7)12(17)8-4-11(20(13,18)19)10(15)5-9(8)14/h4-5,7H,2-3,6H2,1H3. The minimum atomic E-state index is -4.38. The topological polar surface area (TPSA) is 54.5 Å². The number of hydrogen-bond acceptors (Lipinski definition) is 3. The van der Waals surface area contributed by atoms with Crippen molar-refractivity contribution in [2.45, 2.75) is 17.7 Å². The molecule has 1 aromatic carbocycles. The van der Waals surface area contributed by atoms with Crippen LogP contribution in [-0.4, -0.2) is 32.8 Å². The third kappa shape index (κ3) is 3.27. The highest BCUT2D eigenvalue weighted by Crippen LogP contribution is 2.30. The molecule has 0 spiro atoms. The highest BCUT2D eigenvalue weighted by Gasteiger charge is 2.28. The van der Waals surface area contributed by atoms with Crippen LogP contribution in [0.2, 0.25) is 0 Å². The quantitative estimate of drug-likeness (QED) is 0.799. The maximum Gasteiger partial charge on any atom is 0.264 e. The normalized spacial score (nSPS) is 15.2. The Labute approximate surface area is 119 Å². The fourth-order valence-electron chi connectivity index (χ4n) is 1.86. The summed E-state index contributed by atoms with van der Waals surface area (Å²) in [4.78, 5) is 12.4. The van der Waals surface area contributed by atoms with E-state index < -0.39 is 37.1 Å². The van der Waals surface area contributed by atoms with E-state index in [-0.39, 0.29) is 0 Å². The van der Waals surface area contributed by atoms with Crippen molar-refractivity contribution in [3.63, 3.8) is 0 Å². The molecule has 0 bridgehead atoms. The first-order chi connectivity index (χ1) is 9.20. The molecule has 1 aliphatic carbocycles. The van der Waals surface area contributed by atoms with E-state index in [0.717, 1.165) is 12.8 Å². The van der Waals surface area contributed by atoms with Gasteiger partial charge >= 0.3 is 0 Å². The van der Waals surface area contributed by atoms with Gasteiger partial charge < -0.3 is 4.90 Å². The Balaban J connectivity index is 2.37. The van der Waals surface area contributed by atoms with Gasteiger partial charge in [0.25, 0.3) is 15.0 Å². The lowest BCUT2D eigenvalue weighted by atomic mass is 10.1. The van der Waals surface area contributed by atoms with Crippen molar-refractivity contribution in [2.24, 2.45) is 5.92 Å². The Morgan fingerprint density at radius 2 is 1.95 bits per heavy atom. The average Bonchev–Trinajstić information content (AvgIpc) is 3.10. The second-order valence-corrected chi connectivity index (χ2v) is 7.36. The van der Waals surface area contributed by atoms with E-state index in [1.807, 2.05) is 0 Å². The lowest BCUT2D eigenvalue weighted by Crippen LogP contribution is -2.29. The molecule has 0 heterocycles. The van der Waals surface area contributed by atoms with Gasteiger partial charge in [-0.2, -0.15) is 0 Å². The number of carbonyl (C=O) groups excluding carboxylic acids is 1. The van der Waals surface area contributed by atoms with Crippen LogP contribution < -0.4 is 0 Å². The number of hydrogen-bond donors (Lipinski definition) is 0. The van der Waals surface area contributed by atoms with Gasteiger partial charge in [0.1, 0.15) is 16.5 Å². The predicted octanol–water partition coefficient (Wildman–Crippen LogP) is 2.37. The van der Waals surface area contributed by atoms with E-state index in [4.69, 9.17) is 10.7 Å². The number of nitrogens with zero attached hydrogens (tertiary/aromatic N) is 1. The fraction of sp³-hybridized carbons (Fsp3) is 0.417. The maximum absolute atomic E-state index is 13.7. The minimum absolute atomic E-state index is 0.355. The van der Waals surface area contributed by atoms with Crippen LogP contribution in [0.3, 0.4) is 0 Å². The highest BCUT2D eigenvalue weighted by atomic mass is 35.7. The first kappa shape index (κ1) is 15.2. The number of amides is 1. The van der Waals surface area contributed by atoms with Crippen molar-refractivity contribution >= 4 is 25.6 Å².